The summed E-state index contributed by atoms with van der Waals surface area (Å²) in [7, 11) is 0. The summed E-state index contributed by atoms with van der Waals surface area (Å²) in [6, 6.07) is 6.08. The number of piperazine rings is 1. The molecule has 4 aliphatic rings. The number of aromatic nitrogens is 3. The minimum absolute atomic E-state index is 0.0194. The van der Waals surface area contributed by atoms with E-state index in [-0.39, 0.29) is 50.5 Å². The maximum Gasteiger partial charge on any atom is 0.319 e. The van der Waals surface area contributed by atoms with Crippen LogP contribution in [0, 0.1) is 11.6 Å². The lowest BCUT2D eigenvalue weighted by Gasteiger charge is -2.36. The first-order valence-electron chi connectivity index (χ1n) is 15.8. The van der Waals surface area contributed by atoms with Crippen LogP contribution in [0.3, 0.4) is 0 Å². The molecule has 0 unspecified atom stereocenters. The molecule has 44 heavy (non-hydrogen) atoms. The van der Waals surface area contributed by atoms with Crippen LogP contribution in [0.25, 0.3) is 32.9 Å². The van der Waals surface area contributed by atoms with Crippen molar-refractivity contribution in [3.8, 4) is 23.0 Å². The number of hydrogen-bond donors (Lipinski definition) is 2. The molecule has 0 spiro atoms. The van der Waals surface area contributed by atoms with Gasteiger partial charge in [-0.05, 0) is 75.2 Å². The lowest BCUT2D eigenvalue weighted by atomic mass is 9.95. The number of aryl methyl sites for hydroxylation is 1. The number of rotatable bonds is 4. The lowest BCUT2D eigenvalue weighted by Crippen LogP contribution is -2.51. The highest BCUT2D eigenvalue weighted by Gasteiger charge is 2.45. The smallest absolute Gasteiger partial charge is 0.319 e. The van der Waals surface area contributed by atoms with Crippen molar-refractivity contribution in [3.63, 3.8) is 0 Å². The first-order valence-corrected chi connectivity index (χ1v) is 16.2. The first kappa shape index (κ1) is 29.4. The lowest BCUT2D eigenvalue weighted by molar-refractivity contribution is 0.108. The Morgan fingerprint density at radius 1 is 1.05 bits per heavy atom. The summed E-state index contributed by atoms with van der Waals surface area (Å²) in [4.78, 5) is 19.1. The maximum atomic E-state index is 16.8. The zero-order chi connectivity index (χ0) is 30.6. The molecular formula is C33H37ClF2N6O2. The molecule has 4 aliphatic heterocycles. The van der Waals surface area contributed by atoms with Gasteiger partial charge in [-0.1, -0.05) is 31.5 Å². The Kier molecular flexibility index (Phi) is 7.71. The summed E-state index contributed by atoms with van der Waals surface area (Å²) in [5.74, 6) is -0.888. The van der Waals surface area contributed by atoms with Gasteiger partial charge in [-0.2, -0.15) is 9.97 Å². The zero-order valence-corrected chi connectivity index (χ0v) is 25.9. The fourth-order valence-electron chi connectivity index (χ4n) is 7.67. The van der Waals surface area contributed by atoms with Crippen LogP contribution in [-0.4, -0.2) is 75.9 Å². The van der Waals surface area contributed by atoms with Crippen LogP contribution in [0.15, 0.2) is 24.3 Å². The second-order valence-electron chi connectivity index (χ2n) is 12.0. The van der Waals surface area contributed by atoms with E-state index in [2.05, 4.69) is 20.1 Å². The molecule has 8 nitrogen and oxygen atoms in total. The molecule has 2 aromatic heterocycles. The molecular weight excluding hydrogens is 586 g/mol. The Bertz CT molecular complexity index is 1740. The van der Waals surface area contributed by atoms with E-state index in [9.17, 15) is 5.11 Å². The Morgan fingerprint density at radius 2 is 1.84 bits per heavy atom. The number of benzene rings is 2. The highest BCUT2D eigenvalue weighted by molar-refractivity contribution is 6.31. The van der Waals surface area contributed by atoms with Crippen LogP contribution in [0.1, 0.15) is 51.6 Å². The van der Waals surface area contributed by atoms with E-state index in [1.165, 1.54) is 18.2 Å². The number of halogens is 3. The van der Waals surface area contributed by atoms with Crippen LogP contribution in [-0.2, 0) is 6.42 Å². The van der Waals surface area contributed by atoms with Gasteiger partial charge in [0.2, 0.25) is 0 Å². The number of nitrogens with zero attached hydrogens (tertiary/aromatic N) is 5. The Morgan fingerprint density at radius 3 is 2.64 bits per heavy atom. The molecule has 0 amide bonds. The standard InChI is InChI=1S/C31H31ClF2N6O2.C2H6/c32-21-5-3-17-13-19(41)14-20(23(17)25(21)33)27-26(34)28-24-22(36-27)6-4-18-15-35-9-12-40(18)29(24)38-30(37-28)42-16-31-7-1-10-39(31)11-2-8-31;1-2/h3,5,13-14,18,35,41H,1-2,4,6-12,15-16H2;1-2H3/t18-;/m1./s1. The largest absolute Gasteiger partial charge is 0.508 e. The maximum absolute atomic E-state index is 16.8. The summed E-state index contributed by atoms with van der Waals surface area (Å²) in [6.45, 7) is 8.88. The normalized spacial score (nSPS) is 20.7. The molecule has 0 aliphatic carbocycles. The molecule has 3 fully saturated rings. The van der Waals surface area contributed by atoms with Crippen molar-refractivity contribution < 1.29 is 18.6 Å². The van der Waals surface area contributed by atoms with Gasteiger partial charge in [-0.15, -0.1) is 0 Å². The minimum atomic E-state index is -0.705. The second kappa shape index (κ2) is 11.5. The number of hydrogen-bond acceptors (Lipinski definition) is 8. The van der Waals surface area contributed by atoms with Crippen molar-refractivity contribution in [2.24, 2.45) is 0 Å². The quantitative estimate of drug-likeness (QED) is 0.277. The van der Waals surface area contributed by atoms with Crippen LogP contribution in [0.4, 0.5) is 14.6 Å². The van der Waals surface area contributed by atoms with E-state index in [0.29, 0.717) is 35.3 Å². The van der Waals surface area contributed by atoms with Crippen LogP contribution in [0.5, 0.6) is 11.8 Å². The number of pyridine rings is 1. The summed E-state index contributed by atoms with van der Waals surface area (Å²) in [5.41, 5.74) is 0.768. The first-order chi connectivity index (χ1) is 21.4. The third-order valence-corrected chi connectivity index (χ3v) is 9.98. The predicted molar refractivity (Wildman–Crippen MR) is 169 cm³/mol. The summed E-state index contributed by atoms with van der Waals surface area (Å²) < 4.78 is 38.6. The molecule has 232 valence electrons. The van der Waals surface area contributed by atoms with Gasteiger partial charge in [-0.3, -0.25) is 4.90 Å². The van der Waals surface area contributed by atoms with Gasteiger partial charge in [0.1, 0.15) is 35.2 Å². The SMILES string of the molecule is CC.Oc1cc(-c2nc3c4c(nc(OCC56CCCN5CCC6)nc4c2F)N2CCNC[C@H]2CC3)c2c(F)c(Cl)ccc2c1. The molecule has 0 bridgehead atoms. The minimum Gasteiger partial charge on any atom is -0.508 e. The third-order valence-electron chi connectivity index (χ3n) is 9.69. The third kappa shape index (κ3) is 4.73. The summed E-state index contributed by atoms with van der Waals surface area (Å²) in [5, 5.41) is 15.0. The molecule has 4 aromatic rings. The van der Waals surface area contributed by atoms with Gasteiger partial charge in [-0.25, -0.2) is 13.8 Å². The molecule has 11 heteroatoms. The van der Waals surface area contributed by atoms with E-state index >= 15 is 8.78 Å². The van der Waals surface area contributed by atoms with Gasteiger partial charge in [0.05, 0.1) is 21.6 Å². The van der Waals surface area contributed by atoms with E-state index in [1.807, 2.05) is 13.8 Å². The van der Waals surface area contributed by atoms with Crippen LogP contribution in [0.2, 0.25) is 5.02 Å². The van der Waals surface area contributed by atoms with Crippen molar-refractivity contribution in [1.82, 2.24) is 25.2 Å². The molecule has 0 radical (unpaired) electrons. The number of nitrogens with one attached hydrogen (secondary N) is 1. The van der Waals surface area contributed by atoms with Crippen molar-refractivity contribution in [3.05, 3.63) is 46.6 Å². The number of phenolic OH excluding ortho intramolecular Hbond substituents is 1. The van der Waals surface area contributed by atoms with E-state index < -0.39 is 11.6 Å². The number of anilines is 1. The van der Waals surface area contributed by atoms with E-state index in [4.69, 9.17) is 26.3 Å². The molecule has 8 rings (SSSR count). The highest BCUT2D eigenvalue weighted by atomic mass is 35.5. The highest BCUT2D eigenvalue weighted by Crippen LogP contribution is 2.43. The summed E-state index contributed by atoms with van der Waals surface area (Å²) >= 11 is 6.15. The average molecular weight is 623 g/mol. The fourth-order valence-corrected chi connectivity index (χ4v) is 7.82. The van der Waals surface area contributed by atoms with Crippen LogP contribution >= 0.6 is 11.6 Å². The predicted octanol–water partition coefficient (Wildman–Crippen LogP) is 6.24. The number of fused-ring (bicyclic) bond motifs is 4. The van der Waals surface area contributed by atoms with Crippen molar-refractivity contribution in [1.29, 1.82) is 0 Å². The molecule has 0 saturated carbocycles. The van der Waals surface area contributed by atoms with Gasteiger partial charge in [0.15, 0.2) is 5.82 Å². The average Bonchev–Trinajstić information content (AvgIpc) is 3.58. The molecule has 6 heterocycles. The topological polar surface area (TPSA) is 86.6 Å². The Hall–Kier alpha value is -3.34. The van der Waals surface area contributed by atoms with E-state index in [1.54, 1.807) is 6.07 Å². The van der Waals surface area contributed by atoms with Gasteiger partial charge in [0.25, 0.3) is 0 Å². The molecule has 2 aromatic carbocycles. The zero-order valence-electron chi connectivity index (χ0n) is 25.1. The van der Waals surface area contributed by atoms with Gasteiger partial charge < -0.3 is 20.1 Å². The number of phenols is 1. The van der Waals surface area contributed by atoms with Crippen LogP contribution < -0.4 is 15.0 Å². The fraction of sp³-hybridized carbons (Fsp3) is 0.485. The van der Waals surface area contributed by atoms with Crippen molar-refractivity contribution in [2.75, 3.05) is 44.2 Å². The monoisotopic (exact) mass is 622 g/mol. The second-order valence-corrected chi connectivity index (χ2v) is 12.4. The number of ether oxygens (including phenoxy) is 1. The summed E-state index contributed by atoms with van der Waals surface area (Å²) in [6.07, 6.45) is 5.77. The van der Waals surface area contributed by atoms with Crippen molar-refractivity contribution >= 4 is 39.1 Å². The Labute approximate surface area is 260 Å². The molecule has 3 saturated heterocycles. The van der Waals surface area contributed by atoms with Crippen molar-refractivity contribution in [2.45, 2.75) is 64.0 Å². The van der Waals surface area contributed by atoms with E-state index in [0.717, 1.165) is 64.8 Å². The molecule has 1 atom stereocenters. The van der Waals surface area contributed by atoms with Gasteiger partial charge in [0, 0.05) is 36.6 Å². The number of aromatic hydroxyl groups is 1. The van der Waals surface area contributed by atoms with Gasteiger partial charge >= 0.3 is 6.01 Å². The molecule has 2 N–H and O–H groups in total. The Balaban J connectivity index is 0.00000153.